The first-order valence-electron chi connectivity index (χ1n) is 10.1. The van der Waals surface area contributed by atoms with Gasteiger partial charge in [-0.2, -0.15) is 10.5 Å². The molecule has 0 unspecified atom stereocenters. The minimum absolute atomic E-state index is 0.412. The molecule has 0 N–H and O–H groups in total. The van der Waals surface area contributed by atoms with E-state index in [0.29, 0.717) is 11.1 Å². The average molecular weight is 401 g/mol. The fourth-order valence-electron chi connectivity index (χ4n) is 3.44. The predicted octanol–water partition coefficient (Wildman–Crippen LogP) is 7.08. The summed E-state index contributed by atoms with van der Waals surface area (Å²) in [7, 11) is 0. The molecule has 31 heavy (non-hydrogen) atoms. The molecule has 0 saturated heterocycles. The van der Waals surface area contributed by atoms with Gasteiger partial charge in [-0.05, 0) is 83.0 Å². The summed E-state index contributed by atoms with van der Waals surface area (Å²) in [4.78, 5) is 0. The molecule has 0 aliphatic rings. The summed E-state index contributed by atoms with van der Waals surface area (Å²) in [5, 5.41) is 17.8. The highest BCUT2D eigenvalue weighted by atomic mass is 14.2. The highest BCUT2D eigenvalue weighted by Gasteiger charge is 2.07. The standard InChI is InChI=1S/C29H24N2/c1-20(18-30)5-6-21(2)26-11-12-27(22(3)15-26)17-28-13-14-29(16-23(28)4)25-9-7-24(19-31)8-10-25/h5-16H,1-2,17H2,3-4H3. The van der Waals surface area contributed by atoms with E-state index in [0.717, 1.165) is 28.7 Å². The molecule has 0 amide bonds. The molecule has 0 aromatic heterocycles. The Morgan fingerprint density at radius 2 is 1.42 bits per heavy atom. The topological polar surface area (TPSA) is 47.6 Å². The number of nitrogens with zero attached hydrogens (tertiary/aromatic N) is 2. The molecule has 0 heterocycles. The van der Waals surface area contributed by atoms with E-state index in [1.807, 2.05) is 36.4 Å². The van der Waals surface area contributed by atoms with Crippen LogP contribution in [0.2, 0.25) is 0 Å². The molecule has 0 aliphatic carbocycles. The first-order valence-corrected chi connectivity index (χ1v) is 10.1. The highest BCUT2D eigenvalue weighted by Crippen LogP contribution is 2.26. The Hall–Kier alpha value is -4.14. The van der Waals surface area contributed by atoms with E-state index in [-0.39, 0.29) is 0 Å². The zero-order valence-electron chi connectivity index (χ0n) is 17.9. The second kappa shape index (κ2) is 9.57. The van der Waals surface area contributed by atoms with Gasteiger partial charge in [0, 0.05) is 5.57 Å². The molecule has 3 aromatic rings. The van der Waals surface area contributed by atoms with Crippen LogP contribution in [0.3, 0.4) is 0 Å². The Bertz CT molecular complexity index is 1260. The van der Waals surface area contributed by atoms with Gasteiger partial charge in [-0.25, -0.2) is 0 Å². The van der Waals surface area contributed by atoms with Crippen molar-refractivity contribution >= 4 is 5.57 Å². The second-order valence-corrected chi connectivity index (χ2v) is 7.64. The minimum Gasteiger partial charge on any atom is -0.192 e. The summed E-state index contributed by atoms with van der Waals surface area (Å²) >= 11 is 0. The lowest BCUT2D eigenvalue weighted by Gasteiger charge is -2.12. The third kappa shape index (κ3) is 5.27. The van der Waals surface area contributed by atoms with E-state index in [9.17, 15) is 0 Å². The molecule has 0 atom stereocenters. The van der Waals surface area contributed by atoms with Crippen molar-refractivity contribution in [1.29, 1.82) is 10.5 Å². The maximum atomic E-state index is 8.98. The van der Waals surface area contributed by atoms with E-state index < -0.39 is 0 Å². The first-order chi connectivity index (χ1) is 14.9. The lowest BCUT2D eigenvalue weighted by molar-refractivity contribution is 1.13. The average Bonchev–Trinajstić information content (AvgIpc) is 2.79. The van der Waals surface area contributed by atoms with Crippen molar-refractivity contribution in [2.45, 2.75) is 20.3 Å². The van der Waals surface area contributed by atoms with Gasteiger partial charge in [0.05, 0.1) is 17.7 Å². The van der Waals surface area contributed by atoms with Gasteiger partial charge in [0.2, 0.25) is 0 Å². The maximum Gasteiger partial charge on any atom is 0.0991 e. The number of hydrogen-bond acceptors (Lipinski definition) is 2. The fraction of sp³-hybridized carbons (Fsp3) is 0.103. The van der Waals surface area contributed by atoms with Crippen molar-refractivity contribution in [1.82, 2.24) is 0 Å². The van der Waals surface area contributed by atoms with Gasteiger partial charge >= 0.3 is 0 Å². The Kier molecular flexibility index (Phi) is 6.66. The molecule has 0 aliphatic heterocycles. The van der Waals surface area contributed by atoms with Gasteiger partial charge in [-0.1, -0.05) is 67.8 Å². The second-order valence-electron chi connectivity index (χ2n) is 7.64. The summed E-state index contributed by atoms with van der Waals surface area (Å²) < 4.78 is 0. The number of aryl methyl sites for hydroxylation is 2. The molecule has 2 nitrogen and oxygen atoms in total. The van der Waals surface area contributed by atoms with Crippen molar-refractivity contribution in [3.05, 3.63) is 125 Å². The van der Waals surface area contributed by atoms with Crippen LogP contribution in [0.1, 0.15) is 33.4 Å². The molecule has 3 aromatic carbocycles. The molecule has 3 rings (SSSR count). The summed E-state index contributed by atoms with van der Waals surface area (Å²) in [6.45, 7) is 12.0. The lowest BCUT2D eigenvalue weighted by atomic mass is 9.92. The van der Waals surface area contributed by atoms with Crippen LogP contribution in [-0.2, 0) is 6.42 Å². The summed E-state index contributed by atoms with van der Waals surface area (Å²) in [6.07, 6.45) is 4.37. The number of hydrogen-bond donors (Lipinski definition) is 0. The number of benzene rings is 3. The summed E-state index contributed by atoms with van der Waals surface area (Å²) in [6, 6.07) is 24.7. The monoisotopic (exact) mass is 400 g/mol. The number of rotatable bonds is 6. The van der Waals surface area contributed by atoms with Crippen LogP contribution in [0.25, 0.3) is 16.7 Å². The predicted molar refractivity (Wildman–Crippen MR) is 128 cm³/mol. The van der Waals surface area contributed by atoms with Gasteiger partial charge in [0.15, 0.2) is 0 Å². The van der Waals surface area contributed by atoms with Gasteiger partial charge in [-0.15, -0.1) is 0 Å². The Morgan fingerprint density at radius 3 is 2.00 bits per heavy atom. The zero-order valence-corrected chi connectivity index (χ0v) is 17.9. The summed E-state index contributed by atoms with van der Waals surface area (Å²) in [5.41, 5.74) is 10.3. The largest absolute Gasteiger partial charge is 0.192 e. The van der Waals surface area contributed by atoms with Crippen molar-refractivity contribution < 1.29 is 0 Å². The third-order valence-corrected chi connectivity index (χ3v) is 5.41. The minimum atomic E-state index is 0.412. The molecule has 150 valence electrons. The molecular formula is C29H24N2. The number of allylic oxidation sites excluding steroid dienone is 4. The van der Waals surface area contributed by atoms with Crippen LogP contribution in [0.15, 0.2) is 91.5 Å². The van der Waals surface area contributed by atoms with E-state index >= 15 is 0 Å². The highest BCUT2D eigenvalue weighted by molar-refractivity contribution is 5.73. The van der Waals surface area contributed by atoms with Crippen molar-refractivity contribution in [3.63, 3.8) is 0 Å². The van der Waals surface area contributed by atoms with Crippen LogP contribution in [0.5, 0.6) is 0 Å². The van der Waals surface area contributed by atoms with Gasteiger partial charge < -0.3 is 0 Å². The van der Waals surface area contributed by atoms with Crippen LogP contribution >= 0.6 is 0 Å². The van der Waals surface area contributed by atoms with E-state index in [1.54, 1.807) is 6.08 Å². The fourth-order valence-corrected chi connectivity index (χ4v) is 3.44. The van der Waals surface area contributed by atoms with Gasteiger partial charge in [0.25, 0.3) is 0 Å². The first kappa shape index (κ1) is 21.6. The zero-order chi connectivity index (χ0) is 22.4. The Labute approximate surface area is 184 Å². The molecule has 0 bridgehead atoms. The quantitative estimate of drug-likeness (QED) is 0.328. The van der Waals surface area contributed by atoms with Crippen LogP contribution in [-0.4, -0.2) is 0 Å². The van der Waals surface area contributed by atoms with Gasteiger partial charge in [-0.3, -0.25) is 0 Å². The maximum absolute atomic E-state index is 8.98. The smallest absolute Gasteiger partial charge is 0.0991 e. The molecule has 2 heteroatoms. The van der Waals surface area contributed by atoms with Gasteiger partial charge in [0.1, 0.15) is 0 Å². The molecule has 0 fully saturated rings. The molecule has 0 spiro atoms. The Balaban J connectivity index is 1.78. The molecule has 0 radical (unpaired) electrons. The third-order valence-electron chi connectivity index (χ3n) is 5.41. The van der Waals surface area contributed by atoms with Crippen LogP contribution in [0.4, 0.5) is 0 Å². The van der Waals surface area contributed by atoms with Crippen molar-refractivity contribution in [3.8, 4) is 23.3 Å². The molecular weight excluding hydrogens is 376 g/mol. The lowest BCUT2D eigenvalue weighted by Crippen LogP contribution is -1.96. The van der Waals surface area contributed by atoms with Crippen LogP contribution < -0.4 is 0 Å². The Morgan fingerprint density at radius 1 is 0.806 bits per heavy atom. The van der Waals surface area contributed by atoms with E-state index in [2.05, 4.69) is 69.5 Å². The van der Waals surface area contributed by atoms with Crippen molar-refractivity contribution in [2.75, 3.05) is 0 Å². The van der Waals surface area contributed by atoms with Crippen LogP contribution in [0, 0.1) is 36.5 Å². The van der Waals surface area contributed by atoms with E-state index in [1.165, 1.54) is 22.3 Å². The van der Waals surface area contributed by atoms with E-state index in [4.69, 9.17) is 10.5 Å². The molecule has 0 saturated carbocycles. The normalized spacial score (nSPS) is 10.5. The van der Waals surface area contributed by atoms with Crippen molar-refractivity contribution in [2.24, 2.45) is 0 Å². The SMILES string of the molecule is C=C(C#N)C=CC(=C)c1ccc(Cc2ccc(-c3ccc(C#N)cc3)cc2C)c(C)c1. The summed E-state index contributed by atoms with van der Waals surface area (Å²) in [5.74, 6) is 0. The number of nitriles is 2.